The van der Waals surface area contributed by atoms with Crippen molar-refractivity contribution in [1.82, 2.24) is 0 Å². The van der Waals surface area contributed by atoms with E-state index in [1.807, 2.05) is 0 Å². The van der Waals surface area contributed by atoms with Crippen LogP contribution in [0.15, 0.2) is 30.4 Å². The first-order valence-corrected chi connectivity index (χ1v) is 5.89. The normalized spacial score (nSPS) is 11.5. The molecule has 0 unspecified atom stereocenters. The van der Waals surface area contributed by atoms with E-state index < -0.39 is 17.9 Å². The third-order valence-electron chi connectivity index (χ3n) is 2.42. The monoisotopic (exact) mass is 304 g/mol. The van der Waals surface area contributed by atoms with Crippen molar-refractivity contribution in [2.75, 3.05) is 0 Å². The van der Waals surface area contributed by atoms with Gasteiger partial charge in [0, 0.05) is 29.4 Å². The van der Waals surface area contributed by atoms with Crippen LogP contribution in [-0.2, 0) is 14.4 Å². The molecule has 22 heavy (non-hydrogen) atoms. The number of phenolic OH excluding ortho intramolecular Hbond substituents is 1. The lowest BCUT2D eigenvalue weighted by Crippen LogP contribution is -1.91. The maximum absolute atomic E-state index is 10.5. The van der Waals surface area contributed by atoms with Gasteiger partial charge >= 0.3 is 17.9 Å². The van der Waals surface area contributed by atoms with Gasteiger partial charge in [-0.2, -0.15) is 0 Å². The molecule has 4 N–H and O–H groups in total. The van der Waals surface area contributed by atoms with E-state index in [-0.39, 0.29) is 16.9 Å². The number of hydrogen-bond acceptors (Lipinski definition) is 4. The lowest BCUT2D eigenvalue weighted by atomic mass is 10.0. The summed E-state index contributed by atoms with van der Waals surface area (Å²) in [5.41, 5.74) is 0.579. The Bertz CT molecular complexity index is 651. The van der Waals surface area contributed by atoms with Crippen LogP contribution in [0.25, 0.3) is 18.2 Å². The largest absolute Gasteiger partial charge is 0.507 e. The Morgan fingerprint density at radius 2 is 1.09 bits per heavy atom. The Hall–Kier alpha value is -3.35. The van der Waals surface area contributed by atoms with Gasteiger partial charge in [-0.05, 0) is 35.9 Å². The molecule has 1 aromatic rings. The predicted molar refractivity (Wildman–Crippen MR) is 78.1 cm³/mol. The highest BCUT2D eigenvalue weighted by atomic mass is 16.4. The molecule has 0 aliphatic rings. The van der Waals surface area contributed by atoms with Crippen LogP contribution in [0, 0.1) is 0 Å². The van der Waals surface area contributed by atoms with Crippen LogP contribution in [-0.4, -0.2) is 38.3 Å². The van der Waals surface area contributed by atoms with Crippen LogP contribution in [0.5, 0.6) is 5.75 Å². The first-order chi connectivity index (χ1) is 10.3. The maximum atomic E-state index is 10.5. The van der Waals surface area contributed by atoms with Gasteiger partial charge in [-0.15, -0.1) is 0 Å². The van der Waals surface area contributed by atoms with Crippen LogP contribution in [0.4, 0.5) is 0 Å². The number of aliphatic carboxylic acids is 3. The SMILES string of the molecule is O=C(O)/C=C/c1cc(/C=C/C(=O)O)c(O)c(/C=C/C(=O)O)c1. The number of carboxylic acid groups (broad SMARTS) is 3. The molecule has 0 spiro atoms. The zero-order chi connectivity index (χ0) is 16.7. The second kappa shape index (κ2) is 7.44. The third kappa shape index (κ3) is 5.33. The summed E-state index contributed by atoms with van der Waals surface area (Å²) in [6, 6.07) is 2.73. The molecule has 7 nitrogen and oxygen atoms in total. The third-order valence-corrected chi connectivity index (χ3v) is 2.42. The first kappa shape index (κ1) is 16.7. The highest BCUT2D eigenvalue weighted by Gasteiger charge is 2.06. The second-order valence-electron chi connectivity index (χ2n) is 4.06. The van der Waals surface area contributed by atoms with Crippen molar-refractivity contribution in [1.29, 1.82) is 0 Å². The maximum Gasteiger partial charge on any atom is 0.328 e. The molecule has 7 heteroatoms. The topological polar surface area (TPSA) is 132 Å². The van der Waals surface area contributed by atoms with Crippen molar-refractivity contribution in [3.05, 3.63) is 47.1 Å². The van der Waals surface area contributed by atoms with Gasteiger partial charge in [0.2, 0.25) is 0 Å². The van der Waals surface area contributed by atoms with Crippen LogP contribution in [0.3, 0.4) is 0 Å². The number of rotatable bonds is 6. The molecule has 0 aliphatic carbocycles. The van der Waals surface area contributed by atoms with Gasteiger partial charge in [0.15, 0.2) is 0 Å². The Kier molecular flexibility index (Phi) is 5.65. The van der Waals surface area contributed by atoms with E-state index in [4.69, 9.17) is 15.3 Å². The van der Waals surface area contributed by atoms with Gasteiger partial charge in [0.05, 0.1) is 0 Å². The van der Waals surface area contributed by atoms with E-state index in [0.29, 0.717) is 5.56 Å². The summed E-state index contributed by atoms with van der Waals surface area (Å²) in [5.74, 6) is -3.96. The molecule has 0 amide bonds. The van der Waals surface area contributed by atoms with E-state index in [0.717, 1.165) is 30.4 Å². The van der Waals surface area contributed by atoms with Crippen molar-refractivity contribution in [3.8, 4) is 5.75 Å². The second-order valence-corrected chi connectivity index (χ2v) is 4.06. The van der Waals surface area contributed by atoms with Crippen molar-refractivity contribution in [3.63, 3.8) is 0 Å². The van der Waals surface area contributed by atoms with Crippen molar-refractivity contribution in [2.45, 2.75) is 0 Å². The fourth-order valence-corrected chi connectivity index (χ4v) is 1.54. The number of benzene rings is 1. The van der Waals surface area contributed by atoms with Crippen LogP contribution >= 0.6 is 0 Å². The minimum Gasteiger partial charge on any atom is -0.507 e. The lowest BCUT2D eigenvalue weighted by molar-refractivity contribution is -0.132. The molecule has 0 radical (unpaired) electrons. The number of hydrogen-bond donors (Lipinski definition) is 4. The van der Waals surface area contributed by atoms with E-state index in [1.54, 1.807) is 0 Å². The zero-order valence-electron chi connectivity index (χ0n) is 11.1. The summed E-state index contributed by atoms with van der Waals surface area (Å²) in [7, 11) is 0. The first-order valence-electron chi connectivity index (χ1n) is 5.89. The van der Waals surface area contributed by atoms with Gasteiger partial charge < -0.3 is 20.4 Å². The van der Waals surface area contributed by atoms with Crippen LogP contribution < -0.4 is 0 Å². The molecule has 0 saturated carbocycles. The molecular formula is C15H12O7. The fourth-order valence-electron chi connectivity index (χ4n) is 1.54. The highest BCUT2D eigenvalue weighted by molar-refractivity contribution is 5.90. The fraction of sp³-hybridized carbons (Fsp3) is 0. The molecular weight excluding hydrogens is 292 g/mol. The molecule has 0 atom stereocenters. The van der Waals surface area contributed by atoms with E-state index in [1.165, 1.54) is 18.2 Å². The Labute approximate surface area is 124 Å². The summed E-state index contributed by atoms with van der Waals surface area (Å²) < 4.78 is 0. The van der Waals surface area contributed by atoms with Crippen LogP contribution in [0.2, 0.25) is 0 Å². The summed E-state index contributed by atoms with van der Waals surface area (Å²) >= 11 is 0. The van der Waals surface area contributed by atoms with Crippen molar-refractivity contribution < 1.29 is 34.8 Å². The van der Waals surface area contributed by atoms with E-state index in [2.05, 4.69) is 0 Å². The van der Waals surface area contributed by atoms with Crippen LogP contribution in [0.1, 0.15) is 16.7 Å². The average molecular weight is 304 g/mol. The summed E-state index contributed by atoms with van der Waals surface area (Å²) in [4.78, 5) is 31.6. The van der Waals surface area contributed by atoms with Gasteiger partial charge in [0.1, 0.15) is 5.75 Å². The average Bonchev–Trinajstić information content (AvgIpc) is 2.42. The van der Waals surface area contributed by atoms with Gasteiger partial charge in [-0.1, -0.05) is 0 Å². The van der Waals surface area contributed by atoms with Crippen molar-refractivity contribution >= 4 is 36.1 Å². The molecule has 0 heterocycles. The van der Waals surface area contributed by atoms with E-state index in [9.17, 15) is 19.5 Å². The molecule has 1 rings (SSSR count). The molecule has 0 bridgehead atoms. The molecule has 0 aromatic heterocycles. The Morgan fingerprint density at radius 3 is 1.45 bits per heavy atom. The quantitative estimate of drug-likeness (QED) is 0.588. The minimum absolute atomic E-state index is 0.111. The molecule has 0 aliphatic heterocycles. The zero-order valence-corrected chi connectivity index (χ0v) is 11.1. The number of carboxylic acids is 3. The smallest absolute Gasteiger partial charge is 0.328 e. The number of aromatic hydroxyl groups is 1. The lowest BCUT2D eigenvalue weighted by Gasteiger charge is -2.06. The predicted octanol–water partition coefficient (Wildman–Crippen LogP) is 1.69. The Morgan fingerprint density at radius 1 is 0.727 bits per heavy atom. The summed E-state index contributed by atoms with van der Waals surface area (Å²) in [5, 5.41) is 35.8. The minimum atomic E-state index is -1.23. The standard InChI is InChI=1S/C15H12O7/c16-12(17)4-1-9-7-10(2-5-13(18)19)15(22)11(8-9)3-6-14(20)21/h1-8,22H,(H,16,17)(H,18,19)(H,20,21)/b4-1+,5-2+,6-3+. The Balaban J connectivity index is 3.38. The van der Waals surface area contributed by atoms with Gasteiger partial charge in [-0.3, -0.25) is 0 Å². The van der Waals surface area contributed by atoms with Crippen molar-refractivity contribution in [2.24, 2.45) is 0 Å². The van der Waals surface area contributed by atoms with Gasteiger partial charge in [-0.25, -0.2) is 14.4 Å². The molecule has 114 valence electrons. The molecule has 0 fully saturated rings. The molecule has 0 saturated heterocycles. The summed E-state index contributed by atoms with van der Waals surface area (Å²) in [6.45, 7) is 0. The van der Waals surface area contributed by atoms with Gasteiger partial charge in [0.25, 0.3) is 0 Å². The highest BCUT2D eigenvalue weighted by Crippen LogP contribution is 2.28. The number of phenols is 1. The summed E-state index contributed by atoms with van der Waals surface area (Å²) in [6.07, 6.45) is 5.93. The number of carbonyl (C=O) groups is 3. The molecule has 1 aromatic carbocycles. The van der Waals surface area contributed by atoms with E-state index >= 15 is 0 Å².